The minimum atomic E-state index is -1.54. The van der Waals surface area contributed by atoms with Gasteiger partial charge in [-0.2, -0.15) is 9.36 Å². The summed E-state index contributed by atoms with van der Waals surface area (Å²) in [7, 11) is 0. The summed E-state index contributed by atoms with van der Waals surface area (Å²) in [5, 5.41) is 14.1. The Hall–Kier alpha value is -1.78. The van der Waals surface area contributed by atoms with Gasteiger partial charge < -0.3 is 15.3 Å². The molecule has 9 nitrogen and oxygen atoms in total. The molecule has 0 bridgehead atoms. The first kappa shape index (κ1) is 15.3. The van der Waals surface area contributed by atoms with Gasteiger partial charge in [0.25, 0.3) is 0 Å². The number of aliphatic carboxylic acids is 1. The van der Waals surface area contributed by atoms with E-state index in [0.717, 1.165) is 11.5 Å². The number of aromatic nitrogens is 2. The minimum absolute atomic E-state index is 0.0536. The second kappa shape index (κ2) is 6.97. The van der Waals surface area contributed by atoms with Gasteiger partial charge in [-0.3, -0.25) is 4.79 Å². The average molecular weight is 327 g/mol. The van der Waals surface area contributed by atoms with Gasteiger partial charge in [0.05, 0.1) is 0 Å². The van der Waals surface area contributed by atoms with Crippen molar-refractivity contribution in [2.24, 2.45) is 5.16 Å². The topological polar surface area (TPSA) is 131 Å². The van der Waals surface area contributed by atoms with Gasteiger partial charge in [-0.05, 0) is 0 Å². The average Bonchev–Trinajstić information content (AvgIpc) is 2.77. The van der Waals surface area contributed by atoms with Crippen molar-refractivity contribution < 1.29 is 24.3 Å². The van der Waals surface area contributed by atoms with E-state index in [0.29, 0.717) is 6.41 Å². The second-order valence-electron chi connectivity index (χ2n) is 2.64. The lowest BCUT2D eigenvalue weighted by Crippen LogP contribution is -2.19. The number of nitrogens with one attached hydrogen (secondary N) is 1. The molecule has 102 valence electrons. The molecule has 0 radical (unpaired) electrons. The third kappa shape index (κ3) is 4.43. The van der Waals surface area contributed by atoms with Crippen LogP contribution in [0.3, 0.4) is 0 Å². The van der Waals surface area contributed by atoms with Gasteiger partial charge in [-0.25, -0.2) is 9.59 Å². The number of carbonyl (C=O) groups excluding carboxylic acids is 2. The van der Waals surface area contributed by atoms with E-state index in [2.05, 4.69) is 24.7 Å². The highest BCUT2D eigenvalue weighted by Crippen LogP contribution is 2.11. The molecule has 0 aliphatic carbocycles. The van der Waals surface area contributed by atoms with Crippen LogP contribution in [0.4, 0.5) is 5.13 Å². The maximum atomic E-state index is 10.9. The molecule has 0 aliphatic rings. The van der Waals surface area contributed by atoms with E-state index in [-0.39, 0.29) is 11.0 Å². The Balaban J connectivity index is 2.93. The lowest BCUT2D eigenvalue weighted by Gasteiger charge is -1.98. The molecule has 0 saturated heterocycles. The minimum Gasteiger partial charge on any atom is -0.476 e. The summed E-state index contributed by atoms with van der Waals surface area (Å²) in [4.78, 5) is 38.3. The third-order valence-electron chi connectivity index (χ3n) is 1.43. The first-order chi connectivity index (χ1) is 8.95. The van der Waals surface area contributed by atoms with Crippen LogP contribution in [0.1, 0.15) is 5.82 Å². The molecule has 12 heteroatoms. The van der Waals surface area contributed by atoms with Crippen molar-refractivity contribution in [2.75, 3.05) is 5.32 Å². The Bertz CT molecular complexity index is 531. The van der Waals surface area contributed by atoms with E-state index in [1.54, 1.807) is 0 Å². The van der Waals surface area contributed by atoms with Crippen molar-refractivity contribution in [1.29, 1.82) is 0 Å². The van der Waals surface area contributed by atoms with Gasteiger partial charge in [0, 0.05) is 11.5 Å². The summed E-state index contributed by atoms with van der Waals surface area (Å²) in [6.07, 6.45) is 0.341. The molecule has 1 amide bonds. The zero-order valence-corrected chi connectivity index (χ0v) is 11.1. The largest absolute Gasteiger partial charge is 0.476 e. The molecule has 2 N–H and O–H groups in total. The summed E-state index contributed by atoms with van der Waals surface area (Å²) < 4.78 is 3.62. The number of rotatable bonds is 6. The van der Waals surface area contributed by atoms with Crippen molar-refractivity contribution >= 4 is 63.9 Å². The van der Waals surface area contributed by atoms with E-state index in [1.165, 1.54) is 0 Å². The summed E-state index contributed by atoms with van der Waals surface area (Å²) >= 11 is 11.1. The first-order valence-electron chi connectivity index (χ1n) is 4.30. The van der Waals surface area contributed by atoms with Gasteiger partial charge in [-0.15, -0.1) is 0 Å². The van der Waals surface area contributed by atoms with E-state index >= 15 is 0 Å². The Labute approximate surface area is 119 Å². The van der Waals surface area contributed by atoms with Crippen LogP contribution in [0.15, 0.2) is 5.16 Å². The highest BCUT2D eigenvalue weighted by Gasteiger charge is 2.21. The van der Waals surface area contributed by atoms with Crippen molar-refractivity contribution in [1.82, 2.24) is 9.36 Å². The van der Waals surface area contributed by atoms with Crippen LogP contribution in [-0.4, -0.2) is 43.4 Å². The highest BCUT2D eigenvalue weighted by atomic mass is 35.5. The molecule has 0 unspecified atom stereocenters. The zero-order valence-electron chi connectivity index (χ0n) is 8.74. The molecule has 0 spiro atoms. The van der Waals surface area contributed by atoms with Gasteiger partial charge in [0.2, 0.25) is 27.9 Å². The smallest absolute Gasteiger partial charge is 0.367 e. The van der Waals surface area contributed by atoms with Crippen molar-refractivity contribution in [3.05, 3.63) is 5.82 Å². The molecular weight excluding hydrogens is 323 g/mol. The van der Waals surface area contributed by atoms with Gasteiger partial charge in [-0.1, -0.05) is 28.4 Å². The van der Waals surface area contributed by atoms with E-state index in [1.807, 2.05) is 0 Å². The fourth-order valence-corrected chi connectivity index (χ4v) is 1.34. The number of carbonyl (C=O) groups is 3. The number of halogens is 2. The number of anilines is 1. The van der Waals surface area contributed by atoms with Crippen molar-refractivity contribution in [2.45, 2.75) is 4.84 Å². The third-order valence-corrected chi connectivity index (χ3v) is 2.43. The summed E-state index contributed by atoms with van der Waals surface area (Å²) in [5.74, 6) is -3.03. The van der Waals surface area contributed by atoms with Gasteiger partial charge in [0.1, 0.15) is 0 Å². The lowest BCUT2D eigenvalue weighted by molar-refractivity contribution is -0.141. The van der Waals surface area contributed by atoms with Gasteiger partial charge in [0.15, 0.2) is 0 Å². The standard InChI is InChI=1S/C7H4Cl2N4O5S/c8-3(9)6(17)18-12-2(5(15)16)4-11-7(10-1-14)19-13-4/h1,3H,(H,15,16)(H,10,11,13,14)/b12-2+. The fraction of sp³-hybridized carbons (Fsp3) is 0.143. The number of amides is 1. The number of carboxylic acids is 1. The Morgan fingerprint density at radius 3 is 2.74 bits per heavy atom. The second-order valence-corrected chi connectivity index (χ2v) is 4.49. The predicted molar refractivity (Wildman–Crippen MR) is 65.4 cm³/mol. The molecule has 1 rings (SSSR count). The molecule has 1 heterocycles. The Morgan fingerprint density at radius 2 is 2.21 bits per heavy atom. The van der Waals surface area contributed by atoms with E-state index in [9.17, 15) is 14.4 Å². The van der Waals surface area contributed by atoms with Crippen LogP contribution >= 0.6 is 34.7 Å². The van der Waals surface area contributed by atoms with Crippen LogP contribution < -0.4 is 5.32 Å². The molecule has 0 aliphatic heterocycles. The van der Waals surface area contributed by atoms with Crippen LogP contribution in [0.25, 0.3) is 0 Å². The van der Waals surface area contributed by atoms with Crippen molar-refractivity contribution in [3.8, 4) is 0 Å². The molecule has 0 saturated carbocycles. The summed E-state index contributed by atoms with van der Waals surface area (Å²) in [6.45, 7) is 0. The number of hydrogen-bond acceptors (Lipinski definition) is 8. The fourth-order valence-electron chi connectivity index (χ4n) is 0.735. The molecule has 0 fully saturated rings. The van der Waals surface area contributed by atoms with Crippen LogP contribution in [0.2, 0.25) is 0 Å². The maximum absolute atomic E-state index is 10.9. The Kier molecular flexibility index (Phi) is 5.60. The quantitative estimate of drug-likeness (QED) is 0.251. The number of alkyl halides is 2. The van der Waals surface area contributed by atoms with Crippen LogP contribution in [-0.2, 0) is 19.2 Å². The summed E-state index contributed by atoms with van der Waals surface area (Å²) in [6, 6.07) is 0. The Morgan fingerprint density at radius 1 is 1.53 bits per heavy atom. The van der Waals surface area contributed by atoms with E-state index in [4.69, 9.17) is 28.3 Å². The maximum Gasteiger partial charge on any atom is 0.367 e. The highest BCUT2D eigenvalue weighted by molar-refractivity contribution is 7.10. The number of hydrogen-bond donors (Lipinski definition) is 2. The zero-order chi connectivity index (χ0) is 14.4. The first-order valence-corrected chi connectivity index (χ1v) is 5.95. The lowest BCUT2D eigenvalue weighted by atomic mass is 10.4. The predicted octanol–water partition coefficient (Wildman–Crippen LogP) is 0.242. The summed E-state index contributed by atoms with van der Waals surface area (Å²) in [5.41, 5.74) is -0.738. The van der Waals surface area contributed by atoms with Crippen LogP contribution in [0.5, 0.6) is 0 Å². The molecular formula is C7H4Cl2N4O5S. The molecule has 0 atom stereocenters. The van der Waals surface area contributed by atoms with Crippen molar-refractivity contribution in [3.63, 3.8) is 0 Å². The number of oxime groups is 1. The molecule has 1 aromatic rings. The monoisotopic (exact) mass is 326 g/mol. The SMILES string of the molecule is O=CNc1nc(/C(=N\OC(=O)C(Cl)Cl)C(=O)O)ns1. The molecule has 19 heavy (non-hydrogen) atoms. The molecule has 1 aromatic heterocycles. The van der Waals surface area contributed by atoms with E-state index < -0.39 is 22.5 Å². The number of nitrogens with zero attached hydrogens (tertiary/aromatic N) is 3. The normalized spacial score (nSPS) is 11.2. The van der Waals surface area contributed by atoms with Crippen LogP contribution in [0, 0.1) is 0 Å². The van der Waals surface area contributed by atoms with Gasteiger partial charge >= 0.3 is 11.9 Å². The molecule has 0 aromatic carbocycles. The number of carboxylic acid groups (broad SMARTS) is 1.